The van der Waals surface area contributed by atoms with Crippen molar-refractivity contribution in [1.29, 1.82) is 0 Å². The molecule has 0 bridgehead atoms. The molecule has 0 fully saturated rings. The maximum atomic E-state index is 12.2. The van der Waals surface area contributed by atoms with Crippen molar-refractivity contribution in [2.24, 2.45) is 0 Å². The Hall–Kier alpha value is -1.02. The molecule has 0 unspecified atom stereocenters. The van der Waals surface area contributed by atoms with Crippen LogP contribution in [0.4, 0.5) is 18.9 Å². The van der Waals surface area contributed by atoms with Crippen molar-refractivity contribution in [1.82, 2.24) is 0 Å². The van der Waals surface area contributed by atoms with Crippen LogP contribution in [0.1, 0.15) is 5.56 Å². The van der Waals surface area contributed by atoms with E-state index in [1.165, 1.54) is 6.07 Å². The molecule has 0 saturated carbocycles. The molecule has 0 radical (unpaired) electrons. The van der Waals surface area contributed by atoms with Gasteiger partial charge in [-0.15, -0.1) is 0 Å². The average Bonchev–Trinajstić information content (AvgIpc) is 2.01. The summed E-state index contributed by atoms with van der Waals surface area (Å²) in [7, 11) is 0. The zero-order valence-electron chi connectivity index (χ0n) is 6.19. The molecule has 0 aliphatic heterocycles. The smallest absolute Gasteiger partial charge is 0.238 e. The molecule has 0 aliphatic carbocycles. The second kappa shape index (κ2) is 3.38. The van der Waals surface area contributed by atoms with Gasteiger partial charge in [-0.05, 0) is 18.2 Å². The molecule has 0 saturated heterocycles. The van der Waals surface area contributed by atoms with E-state index in [4.69, 9.17) is 6.57 Å². The quantitative estimate of drug-likeness (QED) is 0.612. The fourth-order valence-electron chi connectivity index (χ4n) is 0.802. The van der Waals surface area contributed by atoms with Crippen molar-refractivity contribution in [3.63, 3.8) is 0 Å². The van der Waals surface area contributed by atoms with Crippen molar-refractivity contribution < 1.29 is 13.2 Å². The molecule has 1 aromatic rings. The maximum Gasteiger partial charge on any atom is 0.415 e. The summed E-state index contributed by atoms with van der Waals surface area (Å²) in [5.41, 5.74) is -0.838. The predicted octanol–water partition coefficient (Wildman–Crippen LogP) is 4.02. The second-order valence-electron chi connectivity index (χ2n) is 2.31. The van der Waals surface area contributed by atoms with Crippen LogP contribution in [0.5, 0.6) is 0 Å². The van der Waals surface area contributed by atoms with Crippen molar-refractivity contribution in [3.8, 4) is 0 Å². The number of benzene rings is 1. The molecule has 0 N–H and O–H groups in total. The monoisotopic (exact) mass is 249 g/mol. The van der Waals surface area contributed by atoms with Gasteiger partial charge in [0, 0.05) is 10.0 Å². The molecule has 13 heavy (non-hydrogen) atoms. The third-order valence-corrected chi connectivity index (χ3v) is 1.80. The lowest BCUT2D eigenvalue weighted by Crippen LogP contribution is -2.04. The Morgan fingerprint density at radius 3 is 2.31 bits per heavy atom. The Morgan fingerprint density at radius 2 is 1.85 bits per heavy atom. The number of hydrogen-bond donors (Lipinski definition) is 0. The topological polar surface area (TPSA) is 4.36 Å². The van der Waals surface area contributed by atoms with E-state index in [2.05, 4.69) is 20.8 Å². The minimum Gasteiger partial charge on any atom is -0.238 e. The minimum absolute atomic E-state index is 0.0262. The van der Waals surface area contributed by atoms with Crippen LogP contribution in [0.2, 0.25) is 0 Å². The van der Waals surface area contributed by atoms with Crippen LogP contribution in [0, 0.1) is 6.57 Å². The van der Waals surface area contributed by atoms with Gasteiger partial charge in [-0.2, -0.15) is 13.2 Å². The highest BCUT2D eigenvalue weighted by Gasteiger charge is 2.30. The SMILES string of the molecule is [C-]#[N+]c1cc(Br)cc(C(F)(F)F)c1. The maximum absolute atomic E-state index is 12.2. The Balaban J connectivity index is 3.26. The first-order valence-electron chi connectivity index (χ1n) is 3.19. The van der Waals surface area contributed by atoms with Crippen LogP contribution in [0.25, 0.3) is 4.85 Å². The molecule has 0 amide bonds. The lowest BCUT2D eigenvalue weighted by atomic mass is 10.2. The van der Waals surface area contributed by atoms with Gasteiger partial charge >= 0.3 is 6.18 Å². The van der Waals surface area contributed by atoms with Gasteiger partial charge < -0.3 is 0 Å². The molecule has 68 valence electrons. The van der Waals surface area contributed by atoms with Crippen molar-refractivity contribution in [2.45, 2.75) is 6.18 Å². The fraction of sp³-hybridized carbons (Fsp3) is 0.125. The summed E-state index contributed by atoms with van der Waals surface area (Å²) >= 11 is 2.90. The lowest BCUT2D eigenvalue weighted by Gasteiger charge is -2.06. The van der Waals surface area contributed by atoms with Gasteiger partial charge in [0.1, 0.15) is 0 Å². The zero-order chi connectivity index (χ0) is 10.1. The number of nitrogens with zero attached hydrogens (tertiary/aromatic N) is 1. The third kappa shape index (κ3) is 2.46. The largest absolute Gasteiger partial charge is 0.415 e. The first-order valence-corrected chi connectivity index (χ1v) is 3.98. The number of halogens is 4. The van der Waals surface area contributed by atoms with E-state index in [9.17, 15) is 13.2 Å². The van der Waals surface area contributed by atoms with Crippen LogP contribution in [-0.2, 0) is 6.18 Å². The van der Waals surface area contributed by atoms with Crippen molar-refractivity contribution in [3.05, 3.63) is 39.7 Å². The molecular weight excluding hydrogens is 247 g/mol. The molecular formula is C8H3BrF3N. The summed E-state index contributed by atoms with van der Waals surface area (Å²) in [4.78, 5) is 2.93. The number of rotatable bonds is 0. The Bertz CT molecular complexity index is 365. The van der Waals surface area contributed by atoms with E-state index in [1.54, 1.807) is 0 Å². The summed E-state index contributed by atoms with van der Waals surface area (Å²) in [5.74, 6) is 0. The van der Waals surface area contributed by atoms with Gasteiger partial charge in [0.05, 0.1) is 6.57 Å². The zero-order valence-corrected chi connectivity index (χ0v) is 7.78. The first-order chi connectivity index (χ1) is 5.93. The van der Waals surface area contributed by atoms with Gasteiger partial charge in [-0.25, -0.2) is 4.85 Å². The van der Waals surface area contributed by atoms with Crippen molar-refractivity contribution in [2.75, 3.05) is 0 Å². The summed E-state index contributed by atoms with van der Waals surface area (Å²) < 4.78 is 36.7. The fourth-order valence-corrected chi connectivity index (χ4v) is 1.28. The van der Waals surface area contributed by atoms with Crippen LogP contribution in [-0.4, -0.2) is 0 Å². The van der Waals surface area contributed by atoms with Crippen LogP contribution in [0.15, 0.2) is 22.7 Å². The molecule has 5 heteroatoms. The molecule has 0 aromatic heterocycles. The van der Waals surface area contributed by atoms with Gasteiger partial charge in [-0.3, -0.25) is 0 Å². The Labute approximate surface area is 81.1 Å². The van der Waals surface area contributed by atoms with Crippen LogP contribution in [0.3, 0.4) is 0 Å². The van der Waals surface area contributed by atoms with Crippen molar-refractivity contribution >= 4 is 21.6 Å². The Morgan fingerprint density at radius 1 is 1.23 bits per heavy atom. The molecule has 0 spiro atoms. The van der Waals surface area contributed by atoms with Crippen LogP contribution >= 0.6 is 15.9 Å². The summed E-state index contributed by atoms with van der Waals surface area (Å²) in [6.07, 6.45) is -4.40. The minimum atomic E-state index is -4.40. The van der Waals surface area contributed by atoms with Gasteiger partial charge in [0.2, 0.25) is 0 Å². The summed E-state index contributed by atoms with van der Waals surface area (Å²) in [5, 5.41) is 0. The molecule has 0 aliphatic rings. The van der Waals surface area contributed by atoms with Crippen LogP contribution < -0.4 is 0 Å². The van der Waals surface area contributed by atoms with Gasteiger partial charge in [0.25, 0.3) is 0 Å². The lowest BCUT2D eigenvalue weighted by molar-refractivity contribution is -0.137. The second-order valence-corrected chi connectivity index (χ2v) is 3.22. The summed E-state index contributed by atoms with van der Waals surface area (Å²) in [6.45, 7) is 6.58. The first kappa shape index (κ1) is 10.1. The molecule has 0 atom stereocenters. The van der Waals surface area contributed by atoms with Gasteiger partial charge in [0.15, 0.2) is 5.69 Å². The number of hydrogen-bond acceptors (Lipinski definition) is 0. The highest BCUT2D eigenvalue weighted by atomic mass is 79.9. The standard InChI is InChI=1S/C8H3BrF3N/c1-13-7-3-5(8(10,11)12)2-6(9)4-7/h2-4H. The van der Waals surface area contributed by atoms with E-state index in [0.717, 1.165) is 12.1 Å². The van der Waals surface area contributed by atoms with Gasteiger partial charge in [-0.1, -0.05) is 15.9 Å². The number of alkyl halides is 3. The third-order valence-electron chi connectivity index (χ3n) is 1.34. The van der Waals surface area contributed by atoms with E-state index in [0.29, 0.717) is 0 Å². The predicted molar refractivity (Wildman–Crippen MR) is 45.4 cm³/mol. The normalized spacial score (nSPS) is 11.0. The van der Waals surface area contributed by atoms with E-state index in [1.807, 2.05) is 0 Å². The Kier molecular flexibility index (Phi) is 2.62. The highest BCUT2D eigenvalue weighted by molar-refractivity contribution is 9.10. The molecule has 1 rings (SSSR count). The summed E-state index contributed by atoms with van der Waals surface area (Å²) in [6, 6.07) is 3.09. The average molecular weight is 250 g/mol. The molecule has 1 aromatic carbocycles. The molecule has 1 nitrogen and oxygen atoms in total. The van der Waals surface area contributed by atoms with E-state index >= 15 is 0 Å². The van der Waals surface area contributed by atoms with E-state index in [-0.39, 0.29) is 10.2 Å². The highest BCUT2D eigenvalue weighted by Crippen LogP contribution is 2.34. The van der Waals surface area contributed by atoms with E-state index < -0.39 is 11.7 Å². The molecule has 0 heterocycles.